The zero-order valence-electron chi connectivity index (χ0n) is 11.3. The summed E-state index contributed by atoms with van der Waals surface area (Å²) in [6, 6.07) is 11.0. The molecule has 5 heteroatoms. The first-order valence-electron chi connectivity index (χ1n) is 6.46. The molecule has 0 saturated carbocycles. The van der Waals surface area contributed by atoms with Gasteiger partial charge in [-0.15, -0.1) is 0 Å². The van der Waals surface area contributed by atoms with Crippen LogP contribution in [0.1, 0.15) is 23.0 Å². The molecular weight excluding hydrogens is 256 g/mol. The third-order valence-corrected chi connectivity index (χ3v) is 2.82. The highest BCUT2D eigenvalue weighted by Gasteiger charge is 2.17. The van der Waals surface area contributed by atoms with E-state index >= 15 is 0 Å². The van der Waals surface area contributed by atoms with Crippen molar-refractivity contribution in [3.05, 3.63) is 54.0 Å². The van der Waals surface area contributed by atoms with Gasteiger partial charge < -0.3 is 20.2 Å². The van der Waals surface area contributed by atoms with Crippen LogP contribution in [0.5, 0.6) is 5.75 Å². The minimum Gasteiger partial charge on any atom is -0.489 e. The molecule has 0 aliphatic carbocycles. The van der Waals surface area contributed by atoms with Crippen LogP contribution >= 0.6 is 0 Å². The molecule has 2 rings (SSSR count). The Morgan fingerprint density at radius 3 is 2.80 bits per heavy atom. The Kier molecular flexibility index (Phi) is 4.79. The van der Waals surface area contributed by atoms with Crippen LogP contribution in [0.2, 0.25) is 0 Å². The molecule has 5 nitrogen and oxygen atoms in total. The first-order chi connectivity index (χ1) is 9.70. The predicted molar refractivity (Wildman–Crippen MR) is 75.5 cm³/mol. The summed E-state index contributed by atoms with van der Waals surface area (Å²) >= 11 is 0. The van der Waals surface area contributed by atoms with E-state index in [1.165, 1.54) is 6.26 Å². The van der Waals surface area contributed by atoms with Gasteiger partial charge in [-0.2, -0.15) is 0 Å². The highest BCUT2D eigenvalue weighted by atomic mass is 16.5. The van der Waals surface area contributed by atoms with Crippen molar-refractivity contribution >= 4 is 5.91 Å². The van der Waals surface area contributed by atoms with Crippen molar-refractivity contribution in [3.63, 3.8) is 0 Å². The summed E-state index contributed by atoms with van der Waals surface area (Å²) in [5.41, 5.74) is 6.18. The standard InChI is InChI=1S/C15H18N2O3/c1-11(9-16)17-15(18)14-12(7-8-19-14)10-20-13-5-3-2-4-6-13/h2-8,11H,9-10,16H2,1H3,(H,17,18)/t11-/m0/s1. The Labute approximate surface area is 117 Å². The number of hydrogen-bond donors (Lipinski definition) is 2. The van der Waals surface area contributed by atoms with Gasteiger partial charge in [0.15, 0.2) is 5.76 Å². The Hall–Kier alpha value is -2.27. The smallest absolute Gasteiger partial charge is 0.287 e. The molecule has 0 aliphatic rings. The van der Waals surface area contributed by atoms with E-state index in [4.69, 9.17) is 14.9 Å². The van der Waals surface area contributed by atoms with Gasteiger partial charge in [0, 0.05) is 18.2 Å². The fourth-order valence-corrected chi connectivity index (χ4v) is 1.67. The normalized spacial score (nSPS) is 11.9. The van der Waals surface area contributed by atoms with E-state index in [1.807, 2.05) is 37.3 Å². The van der Waals surface area contributed by atoms with Gasteiger partial charge in [-0.3, -0.25) is 4.79 Å². The Bertz CT molecular complexity index is 551. The van der Waals surface area contributed by atoms with E-state index in [-0.39, 0.29) is 24.3 Å². The Balaban J connectivity index is 2.00. The average molecular weight is 274 g/mol. The molecule has 3 N–H and O–H groups in total. The van der Waals surface area contributed by atoms with Gasteiger partial charge in [0.25, 0.3) is 5.91 Å². The minimum atomic E-state index is -0.278. The number of rotatable bonds is 6. The molecule has 20 heavy (non-hydrogen) atoms. The highest BCUT2D eigenvalue weighted by molar-refractivity contribution is 5.93. The van der Waals surface area contributed by atoms with Crippen LogP contribution in [0.15, 0.2) is 47.1 Å². The molecule has 1 aromatic heterocycles. The quantitative estimate of drug-likeness (QED) is 0.843. The van der Waals surface area contributed by atoms with Crippen LogP contribution in [0.25, 0.3) is 0 Å². The molecule has 106 valence electrons. The van der Waals surface area contributed by atoms with Crippen LogP contribution in [-0.4, -0.2) is 18.5 Å². The molecular formula is C15H18N2O3. The third-order valence-electron chi connectivity index (χ3n) is 2.82. The molecule has 2 aromatic rings. The summed E-state index contributed by atoms with van der Waals surface area (Å²) in [4.78, 5) is 12.0. The molecule has 0 saturated heterocycles. The first kappa shape index (κ1) is 14.1. The number of para-hydroxylation sites is 1. The van der Waals surface area contributed by atoms with Gasteiger partial charge in [-0.05, 0) is 25.1 Å². The summed E-state index contributed by atoms with van der Waals surface area (Å²) in [7, 11) is 0. The van der Waals surface area contributed by atoms with Crippen molar-refractivity contribution in [2.75, 3.05) is 6.54 Å². The molecule has 0 bridgehead atoms. The van der Waals surface area contributed by atoms with Crippen LogP contribution < -0.4 is 15.8 Å². The number of furan rings is 1. The minimum absolute atomic E-state index is 0.101. The number of amides is 1. The second-order valence-corrected chi connectivity index (χ2v) is 4.49. The van der Waals surface area contributed by atoms with Crippen LogP contribution in [0.4, 0.5) is 0 Å². The maximum Gasteiger partial charge on any atom is 0.287 e. The second kappa shape index (κ2) is 6.77. The van der Waals surface area contributed by atoms with E-state index < -0.39 is 0 Å². The summed E-state index contributed by atoms with van der Waals surface area (Å²) in [5, 5.41) is 2.76. The van der Waals surface area contributed by atoms with Crippen LogP contribution in [0.3, 0.4) is 0 Å². The van der Waals surface area contributed by atoms with Crippen molar-refractivity contribution in [1.29, 1.82) is 0 Å². The maximum atomic E-state index is 12.0. The highest BCUT2D eigenvalue weighted by Crippen LogP contribution is 2.15. The topological polar surface area (TPSA) is 77.5 Å². The van der Waals surface area contributed by atoms with Gasteiger partial charge in [-0.25, -0.2) is 0 Å². The van der Waals surface area contributed by atoms with Gasteiger partial charge in [-0.1, -0.05) is 18.2 Å². The molecule has 0 fully saturated rings. The van der Waals surface area contributed by atoms with Crippen molar-refractivity contribution in [3.8, 4) is 5.75 Å². The van der Waals surface area contributed by atoms with Gasteiger partial charge in [0.1, 0.15) is 12.4 Å². The molecule has 0 aliphatic heterocycles. The Morgan fingerprint density at radius 1 is 1.35 bits per heavy atom. The zero-order valence-corrected chi connectivity index (χ0v) is 11.3. The molecule has 1 amide bonds. The van der Waals surface area contributed by atoms with E-state index in [9.17, 15) is 4.79 Å². The summed E-state index contributed by atoms with van der Waals surface area (Å²) in [5.74, 6) is 0.733. The molecule has 1 aromatic carbocycles. The van der Waals surface area contributed by atoms with Crippen molar-refractivity contribution in [1.82, 2.24) is 5.32 Å². The Morgan fingerprint density at radius 2 is 2.10 bits per heavy atom. The van der Waals surface area contributed by atoms with Crippen LogP contribution in [0, 0.1) is 0 Å². The molecule has 1 atom stereocenters. The SMILES string of the molecule is C[C@@H](CN)NC(=O)c1occc1COc1ccccc1. The zero-order chi connectivity index (χ0) is 14.4. The van der Waals surface area contributed by atoms with Crippen LogP contribution in [-0.2, 0) is 6.61 Å². The summed E-state index contributed by atoms with van der Waals surface area (Å²) in [6.45, 7) is 2.49. The molecule has 0 unspecified atom stereocenters. The number of carbonyl (C=O) groups is 1. The van der Waals surface area contributed by atoms with Crippen molar-refractivity contribution < 1.29 is 13.9 Å². The number of ether oxygens (including phenoxy) is 1. The summed E-state index contributed by atoms with van der Waals surface area (Å²) < 4.78 is 10.8. The van der Waals surface area contributed by atoms with E-state index in [0.29, 0.717) is 12.1 Å². The van der Waals surface area contributed by atoms with Gasteiger partial charge in [0.05, 0.1) is 6.26 Å². The first-order valence-corrected chi connectivity index (χ1v) is 6.46. The molecule has 0 spiro atoms. The van der Waals surface area contributed by atoms with E-state index in [1.54, 1.807) is 6.07 Å². The maximum absolute atomic E-state index is 12.0. The number of nitrogens with one attached hydrogen (secondary N) is 1. The summed E-state index contributed by atoms with van der Waals surface area (Å²) in [6.07, 6.45) is 1.48. The van der Waals surface area contributed by atoms with Crippen molar-refractivity contribution in [2.24, 2.45) is 5.73 Å². The number of carbonyl (C=O) groups excluding carboxylic acids is 1. The molecule has 0 radical (unpaired) electrons. The monoisotopic (exact) mass is 274 g/mol. The lowest BCUT2D eigenvalue weighted by Crippen LogP contribution is -2.38. The molecule has 1 heterocycles. The van der Waals surface area contributed by atoms with Gasteiger partial charge in [0.2, 0.25) is 0 Å². The number of benzene rings is 1. The van der Waals surface area contributed by atoms with Crippen molar-refractivity contribution in [2.45, 2.75) is 19.6 Å². The van der Waals surface area contributed by atoms with E-state index in [0.717, 1.165) is 5.75 Å². The lowest BCUT2D eigenvalue weighted by Gasteiger charge is -2.11. The fraction of sp³-hybridized carbons (Fsp3) is 0.267. The fourth-order valence-electron chi connectivity index (χ4n) is 1.67. The van der Waals surface area contributed by atoms with E-state index in [2.05, 4.69) is 5.32 Å². The lowest BCUT2D eigenvalue weighted by atomic mass is 10.2. The largest absolute Gasteiger partial charge is 0.489 e. The predicted octanol–water partition coefficient (Wildman–Crippen LogP) is 1.94. The second-order valence-electron chi connectivity index (χ2n) is 4.49. The van der Waals surface area contributed by atoms with Gasteiger partial charge >= 0.3 is 0 Å². The lowest BCUT2D eigenvalue weighted by molar-refractivity contribution is 0.0910. The number of hydrogen-bond acceptors (Lipinski definition) is 4. The third kappa shape index (κ3) is 3.61. The average Bonchev–Trinajstić information content (AvgIpc) is 2.94. The number of nitrogens with two attached hydrogens (primary N) is 1.